The summed E-state index contributed by atoms with van der Waals surface area (Å²) < 4.78 is 39.5. The predicted molar refractivity (Wildman–Crippen MR) is 110 cm³/mol. The first-order valence-corrected chi connectivity index (χ1v) is 11.5. The molecule has 2 heterocycles. The van der Waals surface area contributed by atoms with Crippen LogP contribution in [0, 0.1) is 6.92 Å². The second-order valence-electron chi connectivity index (χ2n) is 7.08. The van der Waals surface area contributed by atoms with E-state index in [1.807, 2.05) is 31.2 Å². The van der Waals surface area contributed by atoms with Gasteiger partial charge in [0.2, 0.25) is 10.0 Å². The minimum atomic E-state index is -3.43. The summed E-state index contributed by atoms with van der Waals surface area (Å²) in [5.74, 6) is 1.53. The molecule has 2 aliphatic rings. The van der Waals surface area contributed by atoms with Crippen molar-refractivity contribution >= 4 is 26.0 Å². The predicted octanol–water partition coefficient (Wildman–Crippen LogP) is 3.04. The third kappa shape index (κ3) is 4.05. The molecule has 0 aliphatic carbocycles. The number of halogens is 1. The maximum atomic E-state index is 12.8. The van der Waals surface area contributed by atoms with Gasteiger partial charge in [-0.15, -0.1) is 0 Å². The van der Waals surface area contributed by atoms with E-state index in [0.29, 0.717) is 44.3 Å². The molecule has 0 amide bonds. The fourth-order valence-corrected chi connectivity index (χ4v) is 5.33. The van der Waals surface area contributed by atoms with E-state index in [9.17, 15) is 8.42 Å². The van der Waals surface area contributed by atoms with Crippen molar-refractivity contribution in [2.24, 2.45) is 0 Å². The minimum Gasteiger partial charge on any atom is -0.486 e. The van der Waals surface area contributed by atoms with Crippen molar-refractivity contribution in [2.45, 2.75) is 18.4 Å². The van der Waals surface area contributed by atoms with Crippen LogP contribution in [0.25, 0.3) is 0 Å². The van der Waals surface area contributed by atoms with Gasteiger partial charge in [0.15, 0.2) is 11.5 Å². The van der Waals surface area contributed by atoms with Crippen molar-refractivity contribution < 1.29 is 17.9 Å². The zero-order valence-corrected chi connectivity index (χ0v) is 18.1. The quantitative estimate of drug-likeness (QED) is 0.692. The molecule has 0 atom stereocenters. The summed E-state index contributed by atoms with van der Waals surface area (Å²) in [6, 6.07) is 11.0. The number of aryl methyl sites for hydroxylation is 1. The maximum Gasteiger partial charge on any atom is 0.243 e. The molecule has 0 saturated carbocycles. The Hall–Kier alpha value is -1.61. The number of sulfonamides is 1. The van der Waals surface area contributed by atoms with Gasteiger partial charge in [-0.3, -0.25) is 4.90 Å². The van der Waals surface area contributed by atoms with Crippen LogP contribution in [0.15, 0.2) is 45.8 Å². The highest BCUT2D eigenvalue weighted by atomic mass is 79.9. The van der Waals surface area contributed by atoms with Crippen LogP contribution in [0.2, 0.25) is 0 Å². The molecule has 6 nitrogen and oxygen atoms in total. The Labute approximate surface area is 174 Å². The maximum absolute atomic E-state index is 12.8. The molecular weight excluding hydrogens is 444 g/mol. The second kappa shape index (κ2) is 8.02. The summed E-state index contributed by atoms with van der Waals surface area (Å²) in [6.45, 7) is 6.15. The molecule has 2 aromatic rings. The summed E-state index contributed by atoms with van der Waals surface area (Å²) in [4.78, 5) is 2.62. The first-order chi connectivity index (χ1) is 13.4. The minimum absolute atomic E-state index is 0.362. The van der Waals surface area contributed by atoms with E-state index in [0.717, 1.165) is 33.6 Å². The summed E-state index contributed by atoms with van der Waals surface area (Å²) in [7, 11) is -3.43. The molecule has 150 valence electrons. The summed E-state index contributed by atoms with van der Waals surface area (Å²) in [5, 5.41) is 0. The monoisotopic (exact) mass is 466 g/mol. The van der Waals surface area contributed by atoms with Crippen molar-refractivity contribution in [2.75, 3.05) is 39.4 Å². The highest BCUT2D eigenvalue weighted by molar-refractivity contribution is 9.10. The van der Waals surface area contributed by atoms with Crippen LogP contribution in [0.3, 0.4) is 0 Å². The van der Waals surface area contributed by atoms with Gasteiger partial charge in [0, 0.05) is 37.2 Å². The van der Waals surface area contributed by atoms with Gasteiger partial charge in [0.05, 0.1) is 4.90 Å². The molecule has 1 fully saturated rings. The smallest absolute Gasteiger partial charge is 0.243 e. The standard InChI is InChI=1S/C20H23BrN2O4S/c1-15-2-4-17(5-3-15)28(24,25)23-8-6-22(7-9-23)14-16-12-19-20(13-18(16)21)27-11-10-26-19/h2-5,12-13H,6-11,14H2,1H3. The molecule has 0 radical (unpaired) electrons. The number of ether oxygens (including phenoxy) is 2. The Morgan fingerprint density at radius 1 is 0.964 bits per heavy atom. The van der Waals surface area contributed by atoms with Crippen LogP contribution in [0.4, 0.5) is 0 Å². The first-order valence-electron chi connectivity index (χ1n) is 9.31. The molecule has 28 heavy (non-hydrogen) atoms. The molecule has 0 unspecified atom stereocenters. The summed E-state index contributed by atoms with van der Waals surface area (Å²) in [6.07, 6.45) is 0. The van der Waals surface area contributed by atoms with Crippen molar-refractivity contribution in [3.8, 4) is 11.5 Å². The highest BCUT2D eigenvalue weighted by Crippen LogP contribution is 2.36. The molecule has 4 rings (SSSR count). The fourth-order valence-electron chi connectivity index (χ4n) is 3.46. The summed E-state index contributed by atoms with van der Waals surface area (Å²) in [5.41, 5.74) is 2.16. The van der Waals surface area contributed by atoms with Gasteiger partial charge in [0.25, 0.3) is 0 Å². The van der Waals surface area contributed by atoms with Gasteiger partial charge < -0.3 is 9.47 Å². The average molecular weight is 467 g/mol. The van der Waals surface area contributed by atoms with E-state index in [1.165, 1.54) is 0 Å². The molecule has 2 aliphatic heterocycles. The topological polar surface area (TPSA) is 59.1 Å². The van der Waals surface area contributed by atoms with E-state index < -0.39 is 10.0 Å². The Morgan fingerprint density at radius 2 is 1.57 bits per heavy atom. The lowest BCUT2D eigenvalue weighted by Gasteiger charge is -2.34. The molecule has 0 N–H and O–H groups in total. The fraction of sp³-hybridized carbons (Fsp3) is 0.400. The Kier molecular flexibility index (Phi) is 5.64. The first kappa shape index (κ1) is 19.7. The lowest BCUT2D eigenvalue weighted by Crippen LogP contribution is -2.48. The molecular formula is C20H23BrN2O4S. The number of nitrogens with zero attached hydrogens (tertiary/aromatic N) is 2. The van der Waals surface area contributed by atoms with Gasteiger partial charge >= 0.3 is 0 Å². The van der Waals surface area contributed by atoms with Gasteiger partial charge in [-0.1, -0.05) is 33.6 Å². The van der Waals surface area contributed by atoms with Gasteiger partial charge in [0.1, 0.15) is 13.2 Å². The number of fused-ring (bicyclic) bond motifs is 1. The average Bonchev–Trinajstić information content (AvgIpc) is 2.69. The number of hydrogen-bond acceptors (Lipinski definition) is 5. The van der Waals surface area contributed by atoms with Crippen LogP contribution in [-0.4, -0.2) is 57.0 Å². The van der Waals surface area contributed by atoms with Crippen LogP contribution in [0.1, 0.15) is 11.1 Å². The molecule has 2 aromatic carbocycles. The van der Waals surface area contributed by atoms with E-state index in [1.54, 1.807) is 16.4 Å². The van der Waals surface area contributed by atoms with Crippen LogP contribution < -0.4 is 9.47 Å². The van der Waals surface area contributed by atoms with Crippen molar-refractivity contribution in [3.05, 3.63) is 52.0 Å². The van der Waals surface area contributed by atoms with Crippen molar-refractivity contribution in [1.82, 2.24) is 9.21 Å². The second-order valence-corrected chi connectivity index (χ2v) is 9.87. The zero-order valence-electron chi connectivity index (χ0n) is 15.7. The van der Waals surface area contributed by atoms with Crippen molar-refractivity contribution in [1.29, 1.82) is 0 Å². The molecule has 0 bridgehead atoms. The third-order valence-corrected chi connectivity index (χ3v) is 7.75. The number of piperazine rings is 1. The lowest BCUT2D eigenvalue weighted by molar-refractivity contribution is 0.168. The van der Waals surface area contributed by atoms with Gasteiger partial charge in [-0.05, 0) is 36.8 Å². The van der Waals surface area contributed by atoms with Crippen molar-refractivity contribution in [3.63, 3.8) is 0 Å². The van der Waals surface area contributed by atoms with E-state index >= 15 is 0 Å². The number of benzene rings is 2. The largest absolute Gasteiger partial charge is 0.486 e. The normalized spacial score (nSPS) is 18.2. The Bertz CT molecular complexity index is 955. The lowest BCUT2D eigenvalue weighted by atomic mass is 10.1. The Morgan fingerprint density at radius 3 is 2.21 bits per heavy atom. The number of hydrogen-bond donors (Lipinski definition) is 0. The van der Waals surface area contributed by atoms with Gasteiger partial charge in [-0.25, -0.2) is 8.42 Å². The van der Waals surface area contributed by atoms with E-state index in [4.69, 9.17) is 9.47 Å². The molecule has 0 spiro atoms. The third-order valence-electron chi connectivity index (χ3n) is 5.10. The van der Waals surface area contributed by atoms with Crippen LogP contribution in [0.5, 0.6) is 11.5 Å². The van der Waals surface area contributed by atoms with Gasteiger partial charge in [-0.2, -0.15) is 4.31 Å². The highest BCUT2D eigenvalue weighted by Gasteiger charge is 2.28. The van der Waals surface area contributed by atoms with E-state index in [2.05, 4.69) is 20.8 Å². The van der Waals surface area contributed by atoms with E-state index in [-0.39, 0.29) is 0 Å². The molecule has 1 saturated heterocycles. The summed E-state index contributed by atoms with van der Waals surface area (Å²) >= 11 is 3.61. The zero-order chi connectivity index (χ0) is 19.7. The van der Waals surface area contributed by atoms with Crippen LogP contribution >= 0.6 is 15.9 Å². The molecule has 0 aromatic heterocycles. The van der Waals surface area contributed by atoms with Crippen LogP contribution in [-0.2, 0) is 16.6 Å². The SMILES string of the molecule is Cc1ccc(S(=O)(=O)N2CCN(Cc3cc4c(cc3Br)OCCO4)CC2)cc1. The number of rotatable bonds is 4. The Balaban J connectivity index is 1.41. The molecule has 8 heteroatoms.